The summed E-state index contributed by atoms with van der Waals surface area (Å²) < 4.78 is 34.9. The third kappa shape index (κ3) is 2.47. The molecule has 1 rings (SSSR count). The quantitative estimate of drug-likeness (QED) is 0.525. The van der Waals surface area contributed by atoms with Gasteiger partial charge in [-0.25, -0.2) is 0 Å². The molecule has 7 heteroatoms. The van der Waals surface area contributed by atoms with E-state index in [9.17, 15) is 18.3 Å². The van der Waals surface area contributed by atoms with E-state index < -0.39 is 26.9 Å². The van der Waals surface area contributed by atoms with Gasteiger partial charge in [0, 0.05) is 0 Å². The molecule has 0 spiro atoms. The molecule has 0 heterocycles. The van der Waals surface area contributed by atoms with Crippen LogP contribution < -0.4 is 0 Å². The van der Waals surface area contributed by atoms with E-state index in [1.54, 1.807) is 13.8 Å². The first-order chi connectivity index (χ1) is 6.70. The van der Waals surface area contributed by atoms with Crippen molar-refractivity contribution in [3.05, 3.63) is 0 Å². The van der Waals surface area contributed by atoms with E-state index in [4.69, 9.17) is 9.29 Å². The lowest BCUT2D eigenvalue weighted by Crippen LogP contribution is -2.38. The second kappa shape index (κ2) is 3.73. The van der Waals surface area contributed by atoms with Crippen LogP contribution in [-0.4, -0.2) is 35.6 Å². The van der Waals surface area contributed by atoms with Crippen molar-refractivity contribution < 1.29 is 27.6 Å². The summed E-state index contributed by atoms with van der Waals surface area (Å²) in [5.74, 6) is -0.775. The standard InChI is InChI=1S/C8H14O6S/c1-5(2)14-6(9)8(3-4-8)7(10)15(11,12)13/h5,7,10H,3-4H2,1-2H3,(H,11,12,13). The third-order valence-electron chi connectivity index (χ3n) is 2.29. The van der Waals surface area contributed by atoms with Gasteiger partial charge in [0.05, 0.1) is 6.10 Å². The number of aliphatic hydroxyl groups is 1. The van der Waals surface area contributed by atoms with Crippen LogP contribution in [0.1, 0.15) is 26.7 Å². The number of rotatable bonds is 4. The maximum atomic E-state index is 11.5. The zero-order chi connectivity index (χ0) is 11.9. The topological polar surface area (TPSA) is 101 Å². The molecule has 0 aliphatic heterocycles. The molecule has 0 radical (unpaired) electrons. The number of ether oxygens (including phenoxy) is 1. The van der Waals surface area contributed by atoms with Gasteiger partial charge in [0.2, 0.25) is 0 Å². The highest BCUT2D eigenvalue weighted by atomic mass is 32.2. The monoisotopic (exact) mass is 238 g/mol. The number of esters is 1. The Kier molecular flexibility index (Phi) is 3.09. The molecule has 2 N–H and O–H groups in total. The summed E-state index contributed by atoms with van der Waals surface area (Å²) in [5.41, 5.74) is -3.55. The van der Waals surface area contributed by atoms with E-state index in [0.717, 1.165) is 0 Å². The Morgan fingerprint density at radius 3 is 2.13 bits per heavy atom. The van der Waals surface area contributed by atoms with Crippen molar-refractivity contribution in [1.82, 2.24) is 0 Å². The Hall–Kier alpha value is -0.660. The zero-order valence-electron chi connectivity index (χ0n) is 8.50. The molecule has 15 heavy (non-hydrogen) atoms. The molecule has 0 saturated heterocycles. The molecule has 1 atom stereocenters. The van der Waals surface area contributed by atoms with Gasteiger partial charge >= 0.3 is 5.97 Å². The third-order valence-corrected chi connectivity index (χ3v) is 3.31. The summed E-state index contributed by atoms with van der Waals surface area (Å²) in [6.45, 7) is 3.24. The molecule has 0 amide bonds. The molecular weight excluding hydrogens is 224 g/mol. The number of hydrogen-bond acceptors (Lipinski definition) is 5. The second-order valence-corrected chi connectivity index (χ2v) is 5.45. The first kappa shape index (κ1) is 12.4. The molecule has 0 aromatic carbocycles. The summed E-state index contributed by atoms with van der Waals surface area (Å²) in [4.78, 5) is 11.5. The van der Waals surface area contributed by atoms with Crippen molar-refractivity contribution >= 4 is 16.1 Å². The lowest BCUT2D eigenvalue weighted by Gasteiger charge is -2.19. The van der Waals surface area contributed by atoms with E-state index in [-0.39, 0.29) is 18.9 Å². The summed E-state index contributed by atoms with van der Waals surface area (Å²) >= 11 is 0. The van der Waals surface area contributed by atoms with Gasteiger partial charge in [-0.3, -0.25) is 9.35 Å². The van der Waals surface area contributed by atoms with Crippen molar-refractivity contribution in [3.8, 4) is 0 Å². The van der Waals surface area contributed by atoms with Crippen molar-refractivity contribution in [2.24, 2.45) is 5.41 Å². The highest BCUT2D eigenvalue weighted by molar-refractivity contribution is 7.86. The zero-order valence-corrected chi connectivity index (χ0v) is 9.32. The number of hydrogen-bond donors (Lipinski definition) is 2. The molecular formula is C8H14O6S. The number of carbonyl (C=O) groups is 1. The Balaban J connectivity index is 2.81. The SMILES string of the molecule is CC(C)OC(=O)C1(C(O)S(=O)(=O)O)CC1. The van der Waals surface area contributed by atoms with E-state index in [2.05, 4.69) is 0 Å². The minimum absolute atomic E-state index is 0.208. The fourth-order valence-electron chi connectivity index (χ4n) is 1.30. The molecule has 1 unspecified atom stereocenters. The first-order valence-electron chi connectivity index (χ1n) is 4.55. The van der Waals surface area contributed by atoms with E-state index in [1.807, 2.05) is 0 Å². The van der Waals surface area contributed by atoms with Crippen molar-refractivity contribution in [1.29, 1.82) is 0 Å². The summed E-state index contributed by atoms with van der Waals surface area (Å²) in [5, 5.41) is 9.32. The Morgan fingerprint density at radius 2 is 1.87 bits per heavy atom. The van der Waals surface area contributed by atoms with E-state index in [1.165, 1.54) is 0 Å². The van der Waals surface area contributed by atoms with Crippen molar-refractivity contribution in [3.63, 3.8) is 0 Å². The molecule has 0 bridgehead atoms. The average molecular weight is 238 g/mol. The highest BCUT2D eigenvalue weighted by Gasteiger charge is 2.61. The summed E-state index contributed by atoms with van der Waals surface area (Å²) in [6, 6.07) is 0. The predicted octanol–water partition coefficient (Wildman–Crippen LogP) is -0.0756. The molecule has 1 aliphatic rings. The molecule has 6 nitrogen and oxygen atoms in total. The molecule has 1 fully saturated rings. The summed E-state index contributed by atoms with van der Waals surface area (Å²) in [7, 11) is -4.62. The smallest absolute Gasteiger partial charge is 0.316 e. The predicted molar refractivity (Wildman–Crippen MR) is 50.5 cm³/mol. The van der Waals surface area contributed by atoms with Gasteiger partial charge < -0.3 is 9.84 Å². The molecule has 88 valence electrons. The van der Waals surface area contributed by atoms with Gasteiger partial charge in [0.1, 0.15) is 5.41 Å². The largest absolute Gasteiger partial charge is 0.462 e. The second-order valence-electron chi connectivity index (χ2n) is 3.98. The van der Waals surface area contributed by atoms with E-state index >= 15 is 0 Å². The van der Waals surface area contributed by atoms with Crippen LogP contribution in [0.2, 0.25) is 0 Å². The normalized spacial score (nSPS) is 21.1. The van der Waals surface area contributed by atoms with Crippen LogP contribution in [0.15, 0.2) is 0 Å². The van der Waals surface area contributed by atoms with Crippen LogP contribution in [0.5, 0.6) is 0 Å². The van der Waals surface area contributed by atoms with Gasteiger partial charge in [-0.1, -0.05) is 0 Å². The maximum absolute atomic E-state index is 11.5. The van der Waals surface area contributed by atoms with Crippen LogP contribution in [0.3, 0.4) is 0 Å². The van der Waals surface area contributed by atoms with Gasteiger partial charge in [-0.2, -0.15) is 8.42 Å². The number of carbonyl (C=O) groups excluding carboxylic acids is 1. The minimum atomic E-state index is -4.62. The fourth-order valence-corrected chi connectivity index (χ4v) is 2.21. The highest BCUT2D eigenvalue weighted by Crippen LogP contribution is 2.51. The Morgan fingerprint density at radius 1 is 1.40 bits per heavy atom. The van der Waals surface area contributed by atoms with E-state index in [0.29, 0.717) is 0 Å². The van der Waals surface area contributed by atoms with Crippen molar-refractivity contribution in [2.45, 2.75) is 38.2 Å². The van der Waals surface area contributed by atoms with Gasteiger partial charge in [-0.15, -0.1) is 0 Å². The van der Waals surface area contributed by atoms with Crippen LogP contribution in [0.25, 0.3) is 0 Å². The molecule has 0 aromatic rings. The fraction of sp³-hybridized carbons (Fsp3) is 0.875. The van der Waals surface area contributed by atoms with Gasteiger partial charge in [-0.05, 0) is 26.7 Å². The lowest BCUT2D eigenvalue weighted by molar-refractivity contribution is -0.156. The lowest BCUT2D eigenvalue weighted by atomic mass is 10.1. The Labute approximate surface area is 88.0 Å². The maximum Gasteiger partial charge on any atom is 0.316 e. The van der Waals surface area contributed by atoms with Crippen LogP contribution in [-0.2, 0) is 19.6 Å². The Bertz CT molecular complexity index is 353. The number of aliphatic hydroxyl groups excluding tert-OH is 1. The van der Waals surface area contributed by atoms with Crippen LogP contribution >= 0.6 is 0 Å². The molecule has 1 aliphatic carbocycles. The van der Waals surface area contributed by atoms with Gasteiger partial charge in [0.25, 0.3) is 10.1 Å². The van der Waals surface area contributed by atoms with Gasteiger partial charge in [0.15, 0.2) is 5.44 Å². The van der Waals surface area contributed by atoms with Crippen LogP contribution in [0.4, 0.5) is 0 Å². The minimum Gasteiger partial charge on any atom is -0.462 e. The summed E-state index contributed by atoms with van der Waals surface area (Å²) in [6.07, 6.45) is 0.0301. The average Bonchev–Trinajstić information content (AvgIpc) is 2.79. The first-order valence-corrected chi connectivity index (χ1v) is 6.06. The van der Waals surface area contributed by atoms with Crippen LogP contribution in [0, 0.1) is 5.41 Å². The molecule has 1 saturated carbocycles. The van der Waals surface area contributed by atoms with Crippen molar-refractivity contribution in [2.75, 3.05) is 0 Å². The molecule has 0 aromatic heterocycles.